The normalized spacial score (nSPS) is 47.9. The summed E-state index contributed by atoms with van der Waals surface area (Å²) in [5.41, 5.74) is 0. The molecule has 0 aliphatic carbocycles. The van der Waals surface area contributed by atoms with E-state index in [-0.39, 0.29) is 0 Å². The van der Waals surface area contributed by atoms with E-state index in [1.54, 1.807) is 0 Å². The second-order valence-electron chi connectivity index (χ2n) is 7.66. The Kier molecular flexibility index (Phi) is 3.78. The molecule has 0 aromatic heterocycles. The van der Waals surface area contributed by atoms with Crippen molar-refractivity contribution in [1.29, 1.82) is 0 Å². The quantitative estimate of drug-likeness (QED) is 0.849. The third kappa shape index (κ3) is 2.32. The zero-order valence-corrected chi connectivity index (χ0v) is 13.1. The van der Waals surface area contributed by atoms with Crippen molar-refractivity contribution in [2.75, 3.05) is 26.2 Å². The molecule has 3 nitrogen and oxygen atoms in total. The maximum atomic E-state index is 3.79. The largest absolute Gasteiger partial charge is 0.314 e. The first-order valence-electron chi connectivity index (χ1n) is 9.08. The summed E-state index contributed by atoms with van der Waals surface area (Å²) in [4.78, 5) is 5.73. The molecule has 20 heavy (non-hydrogen) atoms. The summed E-state index contributed by atoms with van der Waals surface area (Å²) in [6, 6.07) is 3.51. The zero-order valence-electron chi connectivity index (χ0n) is 13.1. The van der Waals surface area contributed by atoms with E-state index in [1.807, 2.05) is 0 Å². The van der Waals surface area contributed by atoms with Crippen molar-refractivity contribution < 1.29 is 0 Å². The molecule has 5 aliphatic rings. The molecule has 5 fully saturated rings. The number of hydrogen-bond acceptors (Lipinski definition) is 3. The Morgan fingerprint density at radius 2 is 1.70 bits per heavy atom. The molecule has 5 rings (SSSR count). The maximum Gasteiger partial charge on any atom is 0.0258 e. The van der Waals surface area contributed by atoms with Crippen LogP contribution < -0.4 is 5.32 Å². The molecule has 5 saturated heterocycles. The van der Waals surface area contributed by atoms with Crippen LogP contribution in [-0.2, 0) is 0 Å². The van der Waals surface area contributed by atoms with Gasteiger partial charge >= 0.3 is 0 Å². The van der Waals surface area contributed by atoms with Gasteiger partial charge in [-0.1, -0.05) is 6.92 Å². The molecule has 5 heterocycles. The van der Waals surface area contributed by atoms with E-state index < -0.39 is 0 Å². The van der Waals surface area contributed by atoms with Gasteiger partial charge in [-0.05, 0) is 70.5 Å². The van der Waals surface area contributed by atoms with E-state index in [0.717, 1.165) is 30.1 Å². The lowest BCUT2D eigenvalue weighted by Crippen LogP contribution is -2.62. The van der Waals surface area contributed by atoms with E-state index in [9.17, 15) is 0 Å². The van der Waals surface area contributed by atoms with E-state index in [2.05, 4.69) is 22.0 Å². The Labute approximate surface area is 124 Å². The third-order valence-corrected chi connectivity index (χ3v) is 6.48. The van der Waals surface area contributed by atoms with Gasteiger partial charge in [-0.25, -0.2) is 0 Å². The van der Waals surface area contributed by atoms with Gasteiger partial charge in [0, 0.05) is 30.7 Å². The SMILES string of the molecule is CCCNC1CC2CCC(C1)N2C1CN2CCC1CC2. The smallest absolute Gasteiger partial charge is 0.0258 e. The molecule has 3 atom stereocenters. The summed E-state index contributed by atoms with van der Waals surface area (Å²) in [6.07, 6.45) is 9.99. The summed E-state index contributed by atoms with van der Waals surface area (Å²) in [5, 5.41) is 3.79. The Hall–Kier alpha value is -0.120. The van der Waals surface area contributed by atoms with Crippen LogP contribution in [-0.4, -0.2) is 60.1 Å². The minimum atomic E-state index is 0.810. The topological polar surface area (TPSA) is 18.5 Å². The second-order valence-corrected chi connectivity index (χ2v) is 7.66. The highest BCUT2D eigenvalue weighted by molar-refractivity contribution is 5.04. The molecule has 114 valence electrons. The van der Waals surface area contributed by atoms with Gasteiger partial charge in [0.2, 0.25) is 0 Å². The Bertz CT molecular complexity index is 323. The molecule has 0 aromatic rings. The highest BCUT2D eigenvalue weighted by Gasteiger charge is 2.48. The molecule has 0 radical (unpaired) electrons. The molecular weight excluding hydrogens is 246 g/mol. The van der Waals surface area contributed by atoms with Crippen LogP contribution in [0.2, 0.25) is 0 Å². The Balaban J connectivity index is 1.43. The standard InChI is InChI=1S/C17H31N3/c1-2-7-18-14-10-15-3-4-16(11-14)20(15)17-12-19-8-5-13(17)6-9-19/h13-18H,2-12H2,1H3. The van der Waals surface area contributed by atoms with Crippen LogP contribution in [0.4, 0.5) is 0 Å². The minimum Gasteiger partial charge on any atom is -0.314 e. The van der Waals surface area contributed by atoms with Gasteiger partial charge < -0.3 is 10.2 Å². The fraction of sp³-hybridized carbons (Fsp3) is 1.00. The molecule has 0 aromatic carbocycles. The maximum absolute atomic E-state index is 3.79. The zero-order chi connectivity index (χ0) is 13.5. The molecule has 3 unspecified atom stereocenters. The van der Waals surface area contributed by atoms with E-state index >= 15 is 0 Å². The average Bonchev–Trinajstić information content (AvgIpc) is 2.77. The van der Waals surface area contributed by atoms with Crippen molar-refractivity contribution in [3.05, 3.63) is 0 Å². The molecule has 0 spiro atoms. The van der Waals surface area contributed by atoms with Gasteiger partial charge in [0.15, 0.2) is 0 Å². The summed E-state index contributed by atoms with van der Waals surface area (Å²) < 4.78 is 0. The van der Waals surface area contributed by atoms with Crippen LogP contribution in [0, 0.1) is 5.92 Å². The van der Waals surface area contributed by atoms with Crippen molar-refractivity contribution in [3.8, 4) is 0 Å². The Morgan fingerprint density at radius 3 is 2.25 bits per heavy atom. The molecule has 0 amide bonds. The van der Waals surface area contributed by atoms with Crippen molar-refractivity contribution in [2.45, 2.75) is 76.0 Å². The van der Waals surface area contributed by atoms with E-state index in [1.165, 1.54) is 71.1 Å². The molecule has 5 aliphatic heterocycles. The van der Waals surface area contributed by atoms with Gasteiger partial charge in [0.1, 0.15) is 0 Å². The van der Waals surface area contributed by atoms with Crippen LogP contribution in [0.25, 0.3) is 0 Å². The summed E-state index contributed by atoms with van der Waals surface area (Å²) in [5.74, 6) is 1.02. The fourth-order valence-corrected chi connectivity index (χ4v) is 5.54. The predicted octanol–water partition coefficient (Wildman–Crippen LogP) is 2.08. The van der Waals surface area contributed by atoms with Gasteiger partial charge in [-0.15, -0.1) is 0 Å². The minimum absolute atomic E-state index is 0.810. The predicted molar refractivity (Wildman–Crippen MR) is 82.9 cm³/mol. The van der Waals surface area contributed by atoms with Crippen LogP contribution in [0.1, 0.15) is 51.9 Å². The highest BCUT2D eigenvalue weighted by Crippen LogP contribution is 2.42. The van der Waals surface area contributed by atoms with E-state index in [4.69, 9.17) is 0 Å². The first kappa shape index (κ1) is 13.5. The van der Waals surface area contributed by atoms with Crippen LogP contribution in [0.15, 0.2) is 0 Å². The lowest BCUT2D eigenvalue weighted by molar-refractivity contribution is -0.0357. The van der Waals surface area contributed by atoms with Gasteiger partial charge in [-0.3, -0.25) is 4.90 Å². The number of fused-ring (bicyclic) bond motifs is 6. The molecular formula is C17H31N3. The first-order chi connectivity index (χ1) is 9.85. The molecule has 4 bridgehead atoms. The van der Waals surface area contributed by atoms with E-state index in [0.29, 0.717) is 0 Å². The average molecular weight is 277 g/mol. The summed E-state index contributed by atoms with van der Waals surface area (Å²) >= 11 is 0. The van der Waals surface area contributed by atoms with Crippen LogP contribution in [0.5, 0.6) is 0 Å². The van der Waals surface area contributed by atoms with Crippen molar-refractivity contribution in [2.24, 2.45) is 5.92 Å². The van der Waals surface area contributed by atoms with Gasteiger partial charge in [-0.2, -0.15) is 0 Å². The van der Waals surface area contributed by atoms with Crippen LogP contribution >= 0.6 is 0 Å². The van der Waals surface area contributed by atoms with Crippen LogP contribution in [0.3, 0.4) is 0 Å². The third-order valence-electron chi connectivity index (χ3n) is 6.48. The molecule has 1 N–H and O–H groups in total. The van der Waals surface area contributed by atoms with Gasteiger partial charge in [0.25, 0.3) is 0 Å². The Morgan fingerprint density at radius 1 is 1.00 bits per heavy atom. The molecule has 3 heteroatoms. The highest BCUT2D eigenvalue weighted by atomic mass is 15.3. The number of hydrogen-bond donors (Lipinski definition) is 1. The number of nitrogens with one attached hydrogen (secondary N) is 1. The lowest BCUT2D eigenvalue weighted by Gasteiger charge is -2.53. The number of piperidine rings is 4. The summed E-state index contributed by atoms with van der Waals surface area (Å²) in [7, 11) is 0. The lowest BCUT2D eigenvalue weighted by atomic mass is 9.81. The van der Waals surface area contributed by atoms with Crippen molar-refractivity contribution in [3.63, 3.8) is 0 Å². The molecule has 0 saturated carbocycles. The fourth-order valence-electron chi connectivity index (χ4n) is 5.54. The van der Waals surface area contributed by atoms with Crippen molar-refractivity contribution >= 4 is 0 Å². The van der Waals surface area contributed by atoms with Gasteiger partial charge in [0.05, 0.1) is 0 Å². The second kappa shape index (κ2) is 5.58. The number of nitrogens with zero attached hydrogens (tertiary/aromatic N) is 2. The summed E-state index contributed by atoms with van der Waals surface area (Å²) in [6.45, 7) is 7.63. The first-order valence-corrected chi connectivity index (χ1v) is 9.08. The van der Waals surface area contributed by atoms with Crippen molar-refractivity contribution in [1.82, 2.24) is 15.1 Å². The number of rotatable bonds is 4. The monoisotopic (exact) mass is 277 g/mol.